The highest BCUT2D eigenvalue weighted by atomic mass is 35.5. The fraction of sp³-hybridized carbons (Fsp3) is 0.222. The van der Waals surface area contributed by atoms with Crippen LogP contribution in [0.2, 0.25) is 10.0 Å². The first-order valence-electron chi connectivity index (χ1n) is 7.69. The Morgan fingerprint density at radius 2 is 1.83 bits per heavy atom. The van der Waals surface area contributed by atoms with Crippen molar-refractivity contribution in [1.82, 2.24) is 5.32 Å². The maximum absolute atomic E-state index is 12.7. The van der Waals surface area contributed by atoms with Gasteiger partial charge in [-0.15, -0.1) is 0 Å². The number of benzene rings is 2. The fourth-order valence-electron chi connectivity index (χ4n) is 2.79. The SMILES string of the molecule is O=C(NC1CCCN(c2ccccc2)C1=O)c1cccc(Cl)c1Cl. The number of amides is 2. The van der Waals surface area contributed by atoms with Gasteiger partial charge in [-0.25, -0.2) is 0 Å². The van der Waals surface area contributed by atoms with E-state index in [9.17, 15) is 9.59 Å². The van der Waals surface area contributed by atoms with Gasteiger partial charge in [0.2, 0.25) is 5.91 Å². The summed E-state index contributed by atoms with van der Waals surface area (Å²) in [7, 11) is 0. The van der Waals surface area contributed by atoms with Gasteiger partial charge in [0, 0.05) is 12.2 Å². The lowest BCUT2D eigenvalue weighted by molar-refractivity contribution is -0.121. The summed E-state index contributed by atoms with van der Waals surface area (Å²) in [6.07, 6.45) is 1.42. The molecule has 0 saturated carbocycles. The Bertz CT molecular complexity index is 765. The number of nitrogens with zero attached hydrogens (tertiary/aromatic N) is 1. The first-order chi connectivity index (χ1) is 11.6. The van der Waals surface area contributed by atoms with E-state index in [-0.39, 0.29) is 16.5 Å². The lowest BCUT2D eigenvalue weighted by atomic mass is 10.0. The highest BCUT2D eigenvalue weighted by Crippen LogP contribution is 2.26. The first-order valence-corrected chi connectivity index (χ1v) is 8.45. The highest BCUT2D eigenvalue weighted by molar-refractivity contribution is 6.43. The monoisotopic (exact) mass is 362 g/mol. The van der Waals surface area contributed by atoms with Crippen molar-refractivity contribution in [2.75, 3.05) is 11.4 Å². The van der Waals surface area contributed by atoms with Crippen LogP contribution in [-0.2, 0) is 4.79 Å². The highest BCUT2D eigenvalue weighted by Gasteiger charge is 2.31. The molecule has 0 spiro atoms. The number of para-hydroxylation sites is 1. The molecule has 1 atom stereocenters. The summed E-state index contributed by atoms with van der Waals surface area (Å²) >= 11 is 12.0. The Kier molecular flexibility index (Phi) is 5.07. The van der Waals surface area contributed by atoms with Crippen LogP contribution in [0, 0.1) is 0 Å². The van der Waals surface area contributed by atoms with Crippen molar-refractivity contribution >= 4 is 40.7 Å². The molecule has 124 valence electrons. The normalized spacial score (nSPS) is 17.7. The van der Waals surface area contributed by atoms with Gasteiger partial charge in [0.15, 0.2) is 0 Å². The average Bonchev–Trinajstić information content (AvgIpc) is 2.60. The minimum Gasteiger partial charge on any atom is -0.340 e. The third-order valence-electron chi connectivity index (χ3n) is 4.01. The zero-order valence-electron chi connectivity index (χ0n) is 12.8. The Balaban J connectivity index is 1.76. The van der Waals surface area contributed by atoms with E-state index in [1.165, 1.54) is 0 Å². The number of hydrogen-bond acceptors (Lipinski definition) is 2. The van der Waals surface area contributed by atoms with Crippen LogP contribution < -0.4 is 10.2 Å². The van der Waals surface area contributed by atoms with Crippen LogP contribution >= 0.6 is 23.2 Å². The number of rotatable bonds is 3. The third-order valence-corrected chi connectivity index (χ3v) is 4.83. The Labute approximate surface area is 150 Å². The van der Waals surface area contributed by atoms with Gasteiger partial charge in [-0.2, -0.15) is 0 Å². The molecule has 0 aliphatic carbocycles. The second kappa shape index (κ2) is 7.24. The molecule has 1 saturated heterocycles. The van der Waals surface area contributed by atoms with Gasteiger partial charge in [-0.3, -0.25) is 9.59 Å². The summed E-state index contributed by atoms with van der Waals surface area (Å²) in [5.41, 5.74) is 1.11. The molecule has 24 heavy (non-hydrogen) atoms. The third kappa shape index (κ3) is 3.40. The zero-order valence-corrected chi connectivity index (χ0v) is 14.3. The second-order valence-corrected chi connectivity index (χ2v) is 6.38. The molecule has 1 aliphatic rings. The van der Waals surface area contributed by atoms with E-state index in [2.05, 4.69) is 5.32 Å². The van der Waals surface area contributed by atoms with Crippen LogP contribution in [0.15, 0.2) is 48.5 Å². The minimum absolute atomic E-state index is 0.112. The van der Waals surface area contributed by atoms with Crippen molar-refractivity contribution in [3.05, 3.63) is 64.1 Å². The molecule has 1 unspecified atom stereocenters. The first kappa shape index (κ1) is 16.8. The molecule has 6 heteroatoms. The van der Waals surface area contributed by atoms with Crippen molar-refractivity contribution in [1.29, 1.82) is 0 Å². The summed E-state index contributed by atoms with van der Waals surface area (Å²) < 4.78 is 0. The lowest BCUT2D eigenvalue weighted by Crippen LogP contribution is -2.52. The van der Waals surface area contributed by atoms with Gasteiger partial charge in [0.25, 0.3) is 5.91 Å². The zero-order chi connectivity index (χ0) is 17.1. The topological polar surface area (TPSA) is 49.4 Å². The molecule has 1 fully saturated rings. The standard InChI is InChI=1S/C18H16Cl2N2O2/c19-14-9-4-8-13(16(14)20)17(23)21-15-10-5-11-22(18(15)24)12-6-2-1-3-7-12/h1-4,6-9,15H,5,10-11H2,(H,21,23). The van der Waals surface area contributed by atoms with Gasteiger partial charge in [0.1, 0.15) is 6.04 Å². The maximum atomic E-state index is 12.7. The number of anilines is 1. The number of carbonyl (C=O) groups is 2. The van der Waals surface area contributed by atoms with Crippen LogP contribution in [0.1, 0.15) is 23.2 Å². The van der Waals surface area contributed by atoms with Gasteiger partial charge >= 0.3 is 0 Å². The summed E-state index contributed by atoms with van der Waals surface area (Å²) in [4.78, 5) is 26.8. The van der Waals surface area contributed by atoms with Crippen LogP contribution in [0.3, 0.4) is 0 Å². The van der Waals surface area contributed by atoms with Crippen molar-refractivity contribution in [2.24, 2.45) is 0 Å². The van der Waals surface area contributed by atoms with E-state index in [1.807, 2.05) is 30.3 Å². The second-order valence-electron chi connectivity index (χ2n) is 5.60. The molecule has 4 nitrogen and oxygen atoms in total. The number of piperidine rings is 1. The van der Waals surface area contributed by atoms with E-state index in [1.54, 1.807) is 23.1 Å². The fourth-order valence-corrected chi connectivity index (χ4v) is 3.17. The molecule has 3 rings (SSSR count). The molecule has 1 aliphatic heterocycles. The van der Waals surface area contributed by atoms with Gasteiger partial charge in [0.05, 0.1) is 15.6 Å². The Hall–Kier alpha value is -2.04. The van der Waals surface area contributed by atoms with E-state index in [0.717, 1.165) is 12.1 Å². The lowest BCUT2D eigenvalue weighted by Gasteiger charge is -2.32. The number of nitrogens with one attached hydrogen (secondary N) is 1. The quantitative estimate of drug-likeness (QED) is 0.899. The van der Waals surface area contributed by atoms with E-state index < -0.39 is 11.9 Å². The van der Waals surface area contributed by atoms with E-state index in [4.69, 9.17) is 23.2 Å². The Morgan fingerprint density at radius 3 is 2.58 bits per heavy atom. The number of hydrogen-bond donors (Lipinski definition) is 1. The van der Waals surface area contributed by atoms with Gasteiger partial charge in [-0.1, -0.05) is 47.5 Å². The molecular formula is C18H16Cl2N2O2. The van der Waals surface area contributed by atoms with Crippen molar-refractivity contribution in [3.63, 3.8) is 0 Å². The summed E-state index contributed by atoms with van der Waals surface area (Å²) in [5.74, 6) is -0.505. The maximum Gasteiger partial charge on any atom is 0.253 e. The number of carbonyl (C=O) groups excluding carboxylic acids is 2. The molecule has 0 radical (unpaired) electrons. The van der Waals surface area contributed by atoms with Crippen LogP contribution in [0.5, 0.6) is 0 Å². The summed E-state index contributed by atoms with van der Waals surface area (Å²) in [5, 5.41) is 3.28. The molecule has 2 aromatic carbocycles. The largest absolute Gasteiger partial charge is 0.340 e. The smallest absolute Gasteiger partial charge is 0.253 e. The molecular weight excluding hydrogens is 347 g/mol. The predicted octanol–water partition coefficient (Wildman–Crippen LogP) is 3.92. The molecule has 2 amide bonds. The minimum atomic E-state index is -0.568. The van der Waals surface area contributed by atoms with Crippen LogP contribution in [0.4, 0.5) is 5.69 Å². The summed E-state index contributed by atoms with van der Waals surface area (Å²) in [6, 6.07) is 13.7. The number of halogens is 2. The van der Waals surface area contributed by atoms with Crippen LogP contribution in [-0.4, -0.2) is 24.4 Å². The molecule has 1 N–H and O–H groups in total. The average molecular weight is 363 g/mol. The Morgan fingerprint density at radius 1 is 1.08 bits per heavy atom. The molecule has 0 bridgehead atoms. The van der Waals surface area contributed by atoms with E-state index >= 15 is 0 Å². The predicted molar refractivity (Wildman–Crippen MR) is 95.7 cm³/mol. The van der Waals surface area contributed by atoms with Crippen molar-refractivity contribution in [2.45, 2.75) is 18.9 Å². The summed E-state index contributed by atoms with van der Waals surface area (Å²) in [6.45, 7) is 0.646. The molecule has 0 aromatic heterocycles. The van der Waals surface area contributed by atoms with Gasteiger partial charge in [-0.05, 0) is 37.1 Å². The van der Waals surface area contributed by atoms with E-state index in [0.29, 0.717) is 18.0 Å². The molecule has 1 heterocycles. The molecule has 2 aromatic rings. The van der Waals surface area contributed by atoms with Crippen LogP contribution in [0.25, 0.3) is 0 Å². The van der Waals surface area contributed by atoms with Crippen molar-refractivity contribution < 1.29 is 9.59 Å². The van der Waals surface area contributed by atoms with Gasteiger partial charge < -0.3 is 10.2 Å². The van der Waals surface area contributed by atoms with Crippen molar-refractivity contribution in [3.8, 4) is 0 Å².